The first-order valence-corrected chi connectivity index (χ1v) is 12.3. The highest BCUT2D eigenvalue weighted by Gasteiger charge is 2.32. The molecule has 1 amide bonds. The summed E-state index contributed by atoms with van der Waals surface area (Å²) in [5.74, 6) is 0.222. The van der Waals surface area contributed by atoms with E-state index in [9.17, 15) is 9.90 Å². The molecule has 0 saturated carbocycles. The van der Waals surface area contributed by atoms with Crippen molar-refractivity contribution in [2.45, 2.75) is 44.9 Å². The Morgan fingerprint density at radius 3 is 2.58 bits per heavy atom. The molecule has 0 bridgehead atoms. The summed E-state index contributed by atoms with van der Waals surface area (Å²) < 4.78 is 7.68. The van der Waals surface area contributed by atoms with Gasteiger partial charge in [-0.1, -0.05) is 42.5 Å². The Labute approximate surface area is 211 Å². The van der Waals surface area contributed by atoms with Crippen LogP contribution in [-0.2, 0) is 4.74 Å². The molecule has 1 fully saturated rings. The molecule has 1 saturated heterocycles. The molecule has 3 heterocycles. The van der Waals surface area contributed by atoms with E-state index in [1.165, 1.54) is 5.56 Å². The number of aliphatic hydroxyl groups excluding tert-OH is 1. The SMILES string of the molecule is CC(C)(C)OC(=O)N1CCC(c2cc(-c3ccc(C(O)Nc4ccccc4)cc3)n3cnccc23)C1. The topological polar surface area (TPSA) is 79.1 Å². The molecular formula is C29H32N4O3. The van der Waals surface area contributed by atoms with Crippen molar-refractivity contribution in [3.05, 3.63) is 90.4 Å². The summed E-state index contributed by atoms with van der Waals surface area (Å²) in [7, 11) is 0. The van der Waals surface area contributed by atoms with Crippen LogP contribution in [0.1, 0.15) is 50.5 Å². The summed E-state index contributed by atoms with van der Waals surface area (Å²) in [5.41, 5.74) is 5.49. The minimum atomic E-state index is -0.805. The fourth-order valence-electron chi connectivity index (χ4n) is 4.75. The monoisotopic (exact) mass is 484 g/mol. The van der Waals surface area contributed by atoms with Gasteiger partial charge in [0.2, 0.25) is 0 Å². The molecule has 5 rings (SSSR count). The lowest BCUT2D eigenvalue weighted by Crippen LogP contribution is -2.35. The number of hydrogen-bond acceptors (Lipinski definition) is 5. The van der Waals surface area contributed by atoms with Gasteiger partial charge in [0.1, 0.15) is 5.60 Å². The van der Waals surface area contributed by atoms with Gasteiger partial charge in [0.25, 0.3) is 0 Å². The number of aromatic nitrogens is 2. The zero-order valence-corrected chi connectivity index (χ0v) is 20.9. The summed E-state index contributed by atoms with van der Waals surface area (Å²) in [6, 6.07) is 21.8. The zero-order chi connectivity index (χ0) is 25.3. The predicted octanol–water partition coefficient (Wildman–Crippen LogP) is 5.83. The van der Waals surface area contributed by atoms with Crippen molar-refractivity contribution in [2.75, 3.05) is 18.4 Å². The lowest BCUT2D eigenvalue weighted by atomic mass is 9.98. The van der Waals surface area contributed by atoms with Crippen LogP contribution in [0.5, 0.6) is 0 Å². The van der Waals surface area contributed by atoms with E-state index < -0.39 is 11.8 Å². The average molecular weight is 485 g/mol. The van der Waals surface area contributed by atoms with Crippen LogP contribution in [0.4, 0.5) is 10.5 Å². The molecule has 2 aromatic carbocycles. The van der Waals surface area contributed by atoms with Crippen LogP contribution in [0.15, 0.2) is 79.3 Å². The Hall–Kier alpha value is -3.84. The number of carbonyl (C=O) groups excluding carboxylic acids is 1. The maximum absolute atomic E-state index is 12.6. The molecule has 4 aromatic rings. The summed E-state index contributed by atoms with van der Waals surface area (Å²) in [6.45, 7) is 6.98. The smallest absolute Gasteiger partial charge is 0.410 e. The van der Waals surface area contributed by atoms with Crippen LogP contribution in [0.2, 0.25) is 0 Å². The van der Waals surface area contributed by atoms with Gasteiger partial charge in [-0.3, -0.25) is 0 Å². The molecule has 2 aromatic heterocycles. The highest BCUT2D eigenvalue weighted by atomic mass is 16.6. The summed E-state index contributed by atoms with van der Waals surface area (Å²) in [6.07, 6.45) is 3.46. The van der Waals surface area contributed by atoms with Gasteiger partial charge in [-0.25, -0.2) is 9.78 Å². The van der Waals surface area contributed by atoms with E-state index in [2.05, 4.69) is 20.8 Å². The Bertz CT molecular complexity index is 1340. The molecule has 36 heavy (non-hydrogen) atoms. The number of amides is 1. The summed E-state index contributed by atoms with van der Waals surface area (Å²) in [4.78, 5) is 18.7. The quantitative estimate of drug-likeness (QED) is 0.349. The first-order chi connectivity index (χ1) is 17.3. The third-order valence-electron chi connectivity index (χ3n) is 6.49. The standard InChI is InChI=1S/C29H32N4O3/c1-29(2,3)36-28(35)32-16-14-22(18-32)24-17-26(33-19-30-15-13-25(24)33)20-9-11-21(12-10-20)27(34)31-23-7-5-4-6-8-23/h4-13,15,17,19,22,27,31,34H,14,16,18H2,1-3H3. The van der Waals surface area contributed by atoms with Gasteiger partial charge in [0.15, 0.2) is 6.23 Å². The number of likely N-dealkylation sites (tertiary alicyclic amines) is 1. The van der Waals surface area contributed by atoms with Gasteiger partial charge >= 0.3 is 6.09 Å². The third kappa shape index (κ3) is 5.06. The molecule has 7 heteroatoms. The molecule has 0 aliphatic carbocycles. The van der Waals surface area contributed by atoms with Crippen molar-refractivity contribution in [3.63, 3.8) is 0 Å². The minimum absolute atomic E-state index is 0.222. The van der Waals surface area contributed by atoms with Gasteiger partial charge in [0.05, 0.1) is 17.5 Å². The van der Waals surface area contributed by atoms with Crippen molar-refractivity contribution >= 4 is 17.3 Å². The Morgan fingerprint density at radius 2 is 1.86 bits per heavy atom. The number of rotatable bonds is 5. The maximum atomic E-state index is 12.6. The van der Waals surface area contributed by atoms with Crippen LogP contribution >= 0.6 is 0 Å². The van der Waals surface area contributed by atoms with Crippen LogP contribution in [0.25, 0.3) is 16.8 Å². The fourth-order valence-corrected chi connectivity index (χ4v) is 4.75. The van der Waals surface area contributed by atoms with Gasteiger partial charge in [-0.2, -0.15) is 0 Å². The first kappa shape index (κ1) is 23.9. The van der Waals surface area contributed by atoms with E-state index in [1.54, 1.807) is 11.1 Å². The van der Waals surface area contributed by atoms with Crippen LogP contribution < -0.4 is 5.32 Å². The van der Waals surface area contributed by atoms with Crippen molar-refractivity contribution < 1.29 is 14.6 Å². The molecule has 1 aliphatic heterocycles. The second-order valence-corrected chi connectivity index (χ2v) is 10.3. The van der Waals surface area contributed by atoms with E-state index in [4.69, 9.17) is 4.74 Å². The highest BCUT2D eigenvalue weighted by Crippen LogP contribution is 2.36. The van der Waals surface area contributed by atoms with E-state index in [0.717, 1.165) is 34.4 Å². The fraction of sp³-hybridized carbons (Fsp3) is 0.310. The minimum Gasteiger partial charge on any atom is -0.444 e. The van der Waals surface area contributed by atoms with Crippen molar-refractivity contribution in [1.82, 2.24) is 14.3 Å². The average Bonchev–Trinajstić information content (AvgIpc) is 3.49. The van der Waals surface area contributed by atoms with Crippen LogP contribution in [0, 0.1) is 0 Å². The number of carbonyl (C=O) groups is 1. The van der Waals surface area contributed by atoms with E-state index in [1.807, 2.05) is 87.8 Å². The number of fused-ring (bicyclic) bond motifs is 1. The number of aliphatic hydroxyl groups is 1. The van der Waals surface area contributed by atoms with Gasteiger partial charge in [-0.05, 0) is 62.6 Å². The van der Waals surface area contributed by atoms with E-state index in [0.29, 0.717) is 13.1 Å². The van der Waals surface area contributed by atoms with Crippen molar-refractivity contribution in [1.29, 1.82) is 0 Å². The number of ether oxygens (including phenoxy) is 1. The molecule has 186 valence electrons. The predicted molar refractivity (Wildman–Crippen MR) is 141 cm³/mol. The number of benzene rings is 2. The molecule has 2 N–H and O–H groups in total. The Kier molecular flexibility index (Phi) is 6.41. The largest absolute Gasteiger partial charge is 0.444 e. The lowest BCUT2D eigenvalue weighted by molar-refractivity contribution is 0.0292. The molecule has 0 spiro atoms. The van der Waals surface area contributed by atoms with Crippen molar-refractivity contribution in [3.8, 4) is 11.3 Å². The maximum Gasteiger partial charge on any atom is 0.410 e. The third-order valence-corrected chi connectivity index (χ3v) is 6.49. The van der Waals surface area contributed by atoms with E-state index >= 15 is 0 Å². The number of nitrogens with one attached hydrogen (secondary N) is 1. The Balaban J connectivity index is 1.37. The molecule has 0 radical (unpaired) electrons. The van der Waals surface area contributed by atoms with Gasteiger partial charge in [0, 0.05) is 36.5 Å². The second kappa shape index (κ2) is 9.66. The number of nitrogens with zero attached hydrogens (tertiary/aromatic N) is 3. The van der Waals surface area contributed by atoms with Crippen molar-refractivity contribution in [2.24, 2.45) is 0 Å². The Morgan fingerprint density at radius 1 is 1.11 bits per heavy atom. The first-order valence-electron chi connectivity index (χ1n) is 12.3. The normalized spacial score (nSPS) is 16.8. The molecule has 2 atom stereocenters. The van der Waals surface area contributed by atoms with E-state index in [-0.39, 0.29) is 12.0 Å². The molecular weight excluding hydrogens is 452 g/mol. The van der Waals surface area contributed by atoms with Crippen LogP contribution in [-0.4, -0.2) is 44.2 Å². The summed E-state index contributed by atoms with van der Waals surface area (Å²) in [5, 5.41) is 13.7. The highest BCUT2D eigenvalue weighted by molar-refractivity contribution is 5.73. The summed E-state index contributed by atoms with van der Waals surface area (Å²) >= 11 is 0. The second-order valence-electron chi connectivity index (χ2n) is 10.3. The molecule has 2 unspecified atom stereocenters. The van der Waals surface area contributed by atoms with Gasteiger partial charge < -0.3 is 24.5 Å². The zero-order valence-electron chi connectivity index (χ0n) is 20.9. The molecule has 1 aliphatic rings. The molecule has 7 nitrogen and oxygen atoms in total. The van der Waals surface area contributed by atoms with Gasteiger partial charge in [-0.15, -0.1) is 0 Å². The van der Waals surface area contributed by atoms with Crippen LogP contribution in [0.3, 0.4) is 0 Å². The number of hydrogen-bond donors (Lipinski definition) is 2. The lowest BCUT2D eigenvalue weighted by Gasteiger charge is -2.24. The number of anilines is 1. The number of para-hydroxylation sites is 1.